The minimum atomic E-state index is -0.638. The number of hydrogen-bond donors (Lipinski definition) is 1. The van der Waals surface area contributed by atoms with E-state index in [0.717, 1.165) is 16.7 Å². The normalized spacial score (nSPS) is 18.6. The SMILES string of the molecule is O=C1[C@H](Cc2ccccc2)CN2C(=O)c3sccc3N(C(=O)NCc3ccncc3)C2CN1Cc1ccccc1. The lowest BCUT2D eigenvalue weighted by Crippen LogP contribution is -2.61. The molecule has 8 nitrogen and oxygen atoms in total. The number of fused-ring (bicyclic) bond motifs is 2. The van der Waals surface area contributed by atoms with Gasteiger partial charge in [-0.15, -0.1) is 11.3 Å². The maximum absolute atomic E-state index is 14.1. The lowest BCUT2D eigenvalue weighted by molar-refractivity contribution is -0.135. The molecule has 202 valence electrons. The summed E-state index contributed by atoms with van der Waals surface area (Å²) in [5.74, 6) is -0.598. The number of nitrogens with one attached hydrogen (secondary N) is 1. The van der Waals surface area contributed by atoms with Crippen molar-refractivity contribution in [1.82, 2.24) is 20.1 Å². The molecule has 40 heavy (non-hydrogen) atoms. The van der Waals surface area contributed by atoms with Crippen molar-refractivity contribution in [2.24, 2.45) is 5.92 Å². The van der Waals surface area contributed by atoms with Crippen LogP contribution in [0.5, 0.6) is 0 Å². The number of pyridine rings is 1. The Morgan fingerprint density at radius 3 is 2.30 bits per heavy atom. The second-order valence-corrected chi connectivity index (χ2v) is 11.0. The number of amides is 4. The highest BCUT2D eigenvalue weighted by Gasteiger charge is 2.47. The highest BCUT2D eigenvalue weighted by Crippen LogP contribution is 2.37. The number of aromatic nitrogens is 1. The molecule has 1 unspecified atom stereocenters. The van der Waals surface area contributed by atoms with Crippen LogP contribution in [0.1, 0.15) is 26.4 Å². The second-order valence-electron chi connectivity index (χ2n) is 10.0. The van der Waals surface area contributed by atoms with Gasteiger partial charge in [-0.3, -0.25) is 19.5 Å². The first kappa shape index (κ1) is 25.8. The van der Waals surface area contributed by atoms with Gasteiger partial charge in [-0.2, -0.15) is 0 Å². The molecule has 4 amide bonds. The third-order valence-electron chi connectivity index (χ3n) is 7.43. The highest BCUT2D eigenvalue weighted by atomic mass is 32.1. The van der Waals surface area contributed by atoms with Crippen molar-refractivity contribution in [2.75, 3.05) is 18.0 Å². The molecule has 0 aliphatic carbocycles. The van der Waals surface area contributed by atoms with E-state index in [2.05, 4.69) is 10.3 Å². The fourth-order valence-electron chi connectivity index (χ4n) is 5.47. The molecule has 2 aliphatic heterocycles. The van der Waals surface area contributed by atoms with Gasteiger partial charge in [0.15, 0.2) is 0 Å². The van der Waals surface area contributed by atoms with Crippen LogP contribution in [0.15, 0.2) is 96.6 Å². The molecule has 2 aliphatic rings. The number of thiophene rings is 1. The van der Waals surface area contributed by atoms with Crippen molar-refractivity contribution < 1.29 is 14.4 Å². The Morgan fingerprint density at radius 1 is 0.875 bits per heavy atom. The summed E-state index contributed by atoms with van der Waals surface area (Å²) in [6.45, 7) is 1.16. The number of urea groups is 1. The third kappa shape index (κ3) is 5.20. The lowest BCUT2D eigenvalue weighted by atomic mass is 9.97. The number of rotatable bonds is 6. The molecule has 1 N–H and O–H groups in total. The minimum Gasteiger partial charge on any atom is -0.334 e. The van der Waals surface area contributed by atoms with Crippen LogP contribution in [-0.4, -0.2) is 51.9 Å². The molecular weight excluding hydrogens is 522 g/mol. The fourth-order valence-corrected chi connectivity index (χ4v) is 6.31. The minimum absolute atomic E-state index is 0.0181. The van der Waals surface area contributed by atoms with Crippen LogP contribution in [-0.2, 0) is 24.3 Å². The van der Waals surface area contributed by atoms with Gasteiger partial charge in [0, 0.05) is 32.0 Å². The van der Waals surface area contributed by atoms with Gasteiger partial charge in [0.1, 0.15) is 11.0 Å². The smallest absolute Gasteiger partial charge is 0.323 e. The molecule has 2 atom stereocenters. The standard InChI is InChI=1S/C31H29N5O3S/c37-29-25(17-22-7-3-1-4-8-22)20-35-27(21-34(29)19-24-9-5-2-6-10-24)36(26-13-16-40-28(26)30(35)38)31(39)33-18-23-11-14-32-15-12-23/h1-16,25,27H,17-21H2,(H,33,39)/t25-,27?/m1/s1. The summed E-state index contributed by atoms with van der Waals surface area (Å²) in [4.78, 5) is 51.4. The number of benzene rings is 2. The summed E-state index contributed by atoms with van der Waals surface area (Å²) in [5.41, 5.74) is 3.53. The number of carbonyl (C=O) groups excluding carboxylic acids is 3. The molecule has 4 heterocycles. The van der Waals surface area contributed by atoms with Crippen molar-refractivity contribution in [3.63, 3.8) is 0 Å². The molecule has 0 saturated carbocycles. The van der Waals surface area contributed by atoms with Crippen LogP contribution >= 0.6 is 11.3 Å². The van der Waals surface area contributed by atoms with Gasteiger partial charge in [0.25, 0.3) is 5.91 Å². The van der Waals surface area contributed by atoms with Crippen LogP contribution in [0.25, 0.3) is 0 Å². The molecule has 6 rings (SSSR count). The van der Waals surface area contributed by atoms with Gasteiger partial charge in [-0.25, -0.2) is 4.79 Å². The lowest BCUT2D eigenvalue weighted by Gasteiger charge is -2.43. The molecule has 9 heteroatoms. The summed E-state index contributed by atoms with van der Waals surface area (Å²) in [5, 5.41) is 4.86. The predicted molar refractivity (Wildman–Crippen MR) is 154 cm³/mol. The van der Waals surface area contributed by atoms with Gasteiger partial charge < -0.3 is 15.1 Å². The number of nitrogens with zero attached hydrogens (tertiary/aromatic N) is 4. The van der Waals surface area contributed by atoms with Crippen LogP contribution < -0.4 is 10.2 Å². The first-order valence-electron chi connectivity index (χ1n) is 13.3. The fraction of sp³-hybridized carbons (Fsp3) is 0.226. The van der Waals surface area contributed by atoms with Gasteiger partial charge in [0.2, 0.25) is 5.91 Å². The van der Waals surface area contributed by atoms with Crippen molar-refractivity contribution in [1.29, 1.82) is 0 Å². The van der Waals surface area contributed by atoms with Crippen LogP contribution in [0.4, 0.5) is 10.5 Å². The maximum Gasteiger partial charge on any atom is 0.323 e. The van der Waals surface area contributed by atoms with E-state index in [1.807, 2.05) is 84.2 Å². The summed E-state index contributed by atoms with van der Waals surface area (Å²) >= 11 is 1.32. The quantitative estimate of drug-likeness (QED) is 0.381. The van der Waals surface area contributed by atoms with E-state index in [4.69, 9.17) is 0 Å². The number of carbonyl (C=O) groups is 3. The van der Waals surface area contributed by atoms with E-state index < -0.39 is 12.1 Å². The van der Waals surface area contributed by atoms with Crippen LogP contribution in [0.2, 0.25) is 0 Å². The van der Waals surface area contributed by atoms with Crippen molar-refractivity contribution in [3.05, 3.63) is 118 Å². The first-order valence-corrected chi connectivity index (χ1v) is 14.2. The largest absolute Gasteiger partial charge is 0.334 e. The molecule has 0 spiro atoms. The Balaban J connectivity index is 1.36. The molecule has 1 saturated heterocycles. The molecule has 0 bridgehead atoms. The Labute approximate surface area is 236 Å². The van der Waals surface area contributed by atoms with Gasteiger partial charge in [-0.05, 0) is 46.7 Å². The topological polar surface area (TPSA) is 85.8 Å². The van der Waals surface area contributed by atoms with Crippen molar-refractivity contribution in [3.8, 4) is 0 Å². The molecular formula is C31H29N5O3S. The Bertz CT molecular complexity index is 1500. The number of anilines is 1. The average molecular weight is 552 g/mol. The molecule has 2 aromatic heterocycles. The average Bonchev–Trinajstić information content (AvgIpc) is 3.43. The summed E-state index contributed by atoms with van der Waals surface area (Å²) in [6, 6.07) is 24.9. The molecule has 2 aromatic carbocycles. The zero-order valence-electron chi connectivity index (χ0n) is 21.8. The van der Waals surface area contributed by atoms with Crippen LogP contribution in [0.3, 0.4) is 0 Å². The maximum atomic E-state index is 14.1. The van der Waals surface area contributed by atoms with Gasteiger partial charge in [-0.1, -0.05) is 60.7 Å². The Kier molecular flexibility index (Phi) is 7.29. The molecule has 0 radical (unpaired) electrons. The number of hydrogen-bond acceptors (Lipinski definition) is 5. The predicted octanol–water partition coefficient (Wildman–Crippen LogP) is 4.54. The highest BCUT2D eigenvalue weighted by molar-refractivity contribution is 7.12. The van der Waals surface area contributed by atoms with Gasteiger partial charge >= 0.3 is 6.03 Å². The Hall–Kier alpha value is -4.50. The van der Waals surface area contributed by atoms with E-state index in [1.54, 1.807) is 27.1 Å². The monoisotopic (exact) mass is 551 g/mol. The van der Waals surface area contributed by atoms with Crippen LogP contribution in [0, 0.1) is 5.92 Å². The molecule has 1 fully saturated rings. The molecule has 4 aromatic rings. The second kappa shape index (κ2) is 11.3. The Morgan fingerprint density at radius 2 is 1.57 bits per heavy atom. The zero-order valence-corrected chi connectivity index (χ0v) is 22.7. The summed E-state index contributed by atoms with van der Waals surface area (Å²) in [7, 11) is 0. The van der Waals surface area contributed by atoms with E-state index >= 15 is 0 Å². The summed E-state index contributed by atoms with van der Waals surface area (Å²) < 4.78 is 0. The zero-order chi connectivity index (χ0) is 27.5. The van der Waals surface area contributed by atoms with E-state index in [0.29, 0.717) is 30.1 Å². The van der Waals surface area contributed by atoms with E-state index in [9.17, 15) is 14.4 Å². The van der Waals surface area contributed by atoms with E-state index in [-0.39, 0.29) is 30.9 Å². The van der Waals surface area contributed by atoms with E-state index in [1.165, 1.54) is 11.3 Å². The van der Waals surface area contributed by atoms with Crippen molar-refractivity contribution in [2.45, 2.75) is 25.7 Å². The third-order valence-corrected chi connectivity index (χ3v) is 8.32. The first-order chi connectivity index (χ1) is 19.6. The van der Waals surface area contributed by atoms with Crippen molar-refractivity contribution >= 4 is 34.9 Å². The van der Waals surface area contributed by atoms with Gasteiger partial charge in [0.05, 0.1) is 18.2 Å². The summed E-state index contributed by atoms with van der Waals surface area (Å²) in [6.07, 6.45) is 3.24.